The molecular formula is C71H60F3N9O7S4. The van der Waals surface area contributed by atoms with Crippen molar-refractivity contribution in [2.75, 3.05) is 23.8 Å². The molecule has 0 bridgehead atoms. The lowest BCUT2D eigenvalue weighted by Crippen LogP contribution is -2.34. The smallest absolute Gasteiger partial charge is 0.416 e. The van der Waals surface area contributed by atoms with Crippen LogP contribution in [0.1, 0.15) is 83.0 Å². The topological polar surface area (TPSA) is 229 Å². The molecule has 2 amide bonds. The number of nitro benzene ring substituents is 1. The molecule has 1 aliphatic rings. The number of hydrogen-bond acceptors (Lipinski definition) is 15. The van der Waals surface area contributed by atoms with Crippen molar-refractivity contribution in [3.8, 4) is 44.5 Å². The van der Waals surface area contributed by atoms with E-state index in [1.165, 1.54) is 18.2 Å². The molecule has 0 radical (unpaired) electrons. The second-order valence-corrected chi connectivity index (χ2v) is 23.6. The molecule has 16 nitrogen and oxygen atoms in total. The van der Waals surface area contributed by atoms with Crippen LogP contribution in [0.15, 0.2) is 206 Å². The summed E-state index contributed by atoms with van der Waals surface area (Å²) in [5, 5.41) is 36.1. The fraction of sp³-hybridized carbons (Fsp3) is 0.141. The van der Waals surface area contributed by atoms with Gasteiger partial charge < -0.3 is 30.6 Å². The zero-order valence-corrected chi connectivity index (χ0v) is 53.1. The Kier molecular flexibility index (Phi) is 22.1. The standard InChI is InChI=1S/C26H25N3O2S2.C23H18N4O4S2.C21H13F3N2O.CH4/c1-3-4-15-31-20-13-11-18(12-14-20)24(30)29-26(32)28-22-16-19(10-9-17(22)2)25-27-21-7-5-6-8-23(21)33-25;1-2-31-19-12-9-15(13-18(19)27(29)30)21(28)26-23(32)24-16-10-7-14(8-11-16)22-25-17-5-3-4-6-20(17)33-22;22-21(23,24)14-6-3-5-13(10-14)18-16-9-8-12-4-1-2-7-15(12)19(16)27-20(26)17(18)11-25;/h5-14,16H,3-4,15H2,1-2H3,(H2,28,29,30,32);3-13H,2H2,1H3,(H2,24,26,28,32);1-10,18H,26H2;1H4. The number of amides is 2. The molecule has 0 saturated carbocycles. The van der Waals surface area contributed by atoms with E-state index in [1.807, 2.05) is 128 Å². The number of ether oxygens (including phenoxy) is 3. The van der Waals surface area contributed by atoms with Crippen LogP contribution in [0.2, 0.25) is 0 Å². The number of anilines is 2. The molecule has 23 heteroatoms. The van der Waals surface area contributed by atoms with Crippen LogP contribution in [0, 0.1) is 28.4 Å². The predicted octanol–water partition coefficient (Wildman–Crippen LogP) is 17.7. The number of aryl methyl sites for hydroxylation is 1. The molecular weight excluding hydrogens is 1280 g/mol. The van der Waals surface area contributed by atoms with Gasteiger partial charge in [-0.2, -0.15) is 18.4 Å². The van der Waals surface area contributed by atoms with Crippen molar-refractivity contribution in [2.24, 2.45) is 5.73 Å². The maximum atomic E-state index is 13.2. The maximum absolute atomic E-state index is 13.2. The number of fused-ring (bicyclic) bond motifs is 5. The van der Waals surface area contributed by atoms with Gasteiger partial charge in [-0.05, 0) is 158 Å². The maximum Gasteiger partial charge on any atom is 0.416 e. The first-order valence-electron chi connectivity index (χ1n) is 29.0. The molecule has 11 aromatic rings. The lowest BCUT2D eigenvalue weighted by molar-refractivity contribution is -0.385. The summed E-state index contributed by atoms with van der Waals surface area (Å²) in [5.74, 6) is -0.338. The van der Waals surface area contributed by atoms with E-state index < -0.39 is 28.5 Å². The number of nitrogens with zero attached hydrogens (tertiary/aromatic N) is 4. The monoisotopic (exact) mass is 1340 g/mol. The first-order valence-corrected chi connectivity index (χ1v) is 31.4. The number of nitrogens with one attached hydrogen (secondary N) is 4. The molecule has 1 unspecified atom stereocenters. The zero-order chi connectivity index (χ0) is 65.8. The second kappa shape index (κ2) is 30.7. The molecule has 9 aromatic carbocycles. The number of rotatable bonds is 14. The van der Waals surface area contributed by atoms with Crippen molar-refractivity contribution in [2.45, 2.75) is 53.1 Å². The Morgan fingerprint density at radius 2 is 1.34 bits per heavy atom. The Hall–Kier alpha value is -10.6. The van der Waals surface area contributed by atoms with Crippen LogP contribution in [-0.2, 0) is 6.18 Å². The third-order valence-corrected chi connectivity index (χ3v) is 17.0. The van der Waals surface area contributed by atoms with Gasteiger partial charge in [0.25, 0.3) is 11.8 Å². The number of aromatic nitrogens is 2. The third kappa shape index (κ3) is 16.3. The van der Waals surface area contributed by atoms with E-state index in [9.17, 15) is 38.1 Å². The number of allylic oxidation sites excluding steroid dienone is 1. The summed E-state index contributed by atoms with van der Waals surface area (Å²) in [6.07, 6.45) is -2.40. The van der Waals surface area contributed by atoms with Crippen molar-refractivity contribution in [3.05, 3.63) is 249 Å². The number of thiocarbonyl (C=S) groups is 2. The Bertz CT molecular complexity index is 4640. The van der Waals surface area contributed by atoms with Gasteiger partial charge in [-0.15, -0.1) is 22.7 Å². The van der Waals surface area contributed by atoms with Crippen LogP contribution < -0.4 is 41.2 Å². The summed E-state index contributed by atoms with van der Waals surface area (Å²) in [6, 6.07) is 58.7. The second-order valence-electron chi connectivity index (χ2n) is 20.7. The first-order chi connectivity index (χ1) is 44.9. The zero-order valence-electron chi connectivity index (χ0n) is 49.9. The molecule has 3 heterocycles. The molecule has 0 saturated heterocycles. The normalized spacial score (nSPS) is 12.2. The summed E-state index contributed by atoms with van der Waals surface area (Å²) >= 11 is 13.9. The number of alkyl halides is 3. The highest BCUT2D eigenvalue weighted by Crippen LogP contribution is 2.46. The summed E-state index contributed by atoms with van der Waals surface area (Å²) in [6.45, 7) is 6.78. The van der Waals surface area contributed by atoms with E-state index in [1.54, 1.807) is 66.0 Å². The number of nitro groups is 1. The first kappa shape index (κ1) is 67.7. The van der Waals surface area contributed by atoms with Crippen molar-refractivity contribution >= 4 is 117 Å². The van der Waals surface area contributed by atoms with Gasteiger partial charge in [0.1, 0.15) is 33.2 Å². The number of para-hydroxylation sites is 2. The number of hydrogen-bond donors (Lipinski definition) is 5. The quantitative estimate of drug-likeness (QED) is 0.0295. The van der Waals surface area contributed by atoms with E-state index in [2.05, 4.69) is 39.2 Å². The molecule has 94 heavy (non-hydrogen) atoms. The number of carbonyl (C=O) groups is 2. The fourth-order valence-electron chi connectivity index (χ4n) is 9.78. The summed E-state index contributed by atoms with van der Waals surface area (Å²) in [7, 11) is 0. The van der Waals surface area contributed by atoms with Gasteiger partial charge in [0, 0.05) is 50.6 Å². The van der Waals surface area contributed by atoms with Crippen LogP contribution in [0.4, 0.5) is 30.2 Å². The van der Waals surface area contributed by atoms with Crippen molar-refractivity contribution in [3.63, 3.8) is 0 Å². The fourth-order valence-corrected chi connectivity index (χ4v) is 12.1. The highest BCUT2D eigenvalue weighted by molar-refractivity contribution is 7.80. The van der Waals surface area contributed by atoms with Gasteiger partial charge >= 0.3 is 11.9 Å². The average Bonchev–Trinajstić information content (AvgIpc) is 0.849. The van der Waals surface area contributed by atoms with Crippen LogP contribution in [0.5, 0.6) is 17.2 Å². The Morgan fingerprint density at radius 1 is 0.723 bits per heavy atom. The van der Waals surface area contributed by atoms with Gasteiger partial charge in [0.05, 0.1) is 50.1 Å². The molecule has 1 atom stereocenters. The molecule has 0 fully saturated rings. The number of unbranched alkanes of at least 4 members (excludes halogenated alkanes) is 1. The van der Waals surface area contributed by atoms with E-state index in [0.717, 1.165) is 100 Å². The molecule has 2 aromatic heterocycles. The van der Waals surface area contributed by atoms with Crippen molar-refractivity contribution in [1.82, 2.24) is 20.6 Å². The van der Waals surface area contributed by atoms with E-state index in [-0.39, 0.29) is 58.6 Å². The van der Waals surface area contributed by atoms with Gasteiger partial charge in [-0.25, -0.2) is 9.97 Å². The number of carbonyl (C=O) groups excluding carboxylic acids is 2. The van der Waals surface area contributed by atoms with Crippen LogP contribution >= 0.6 is 47.1 Å². The molecule has 12 rings (SSSR count). The number of nitriles is 1. The Balaban J connectivity index is 0.000000166. The lowest BCUT2D eigenvalue weighted by atomic mass is 9.82. The average molecular weight is 1340 g/mol. The minimum absolute atomic E-state index is 0. The highest BCUT2D eigenvalue weighted by atomic mass is 32.1. The predicted molar refractivity (Wildman–Crippen MR) is 375 cm³/mol. The van der Waals surface area contributed by atoms with E-state index in [0.29, 0.717) is 34.7 Å². The summed E-state index contributed by atoms with van der Waals surface area (Å²) < 4.78 is 58.4. The van der Waals surface area contributed by atoms with Gasteiger partial charge in [0.2, 0.25) is 5.88 Å². The number of nitrogens with two attached hydrogens (primary N) is 1. The summed E-state index contributed by atoms with van der Waals surface area (Å²) in [5.41, 5.74) is 13.0. The molecule has 1 aliphatic heterocycles. The van der Waals surface area contributed by atoms with Crippen molar-refractivity contribution in [1.29, 1.82) is 5.26 Å². The van der Waals surface area contributed by atoms with Crippen LogP contribution in [-0.4, -0.2) is 50.1 Å². The van der Waals surface area contributed by atoms with E-state index >= 15 is 0 Å². The van der Waals surface area contributed by atoms with E-state index in [4.69, 9.17) is 49.4 Å². The SMILES string of the molecule is C.CCCCOc1ccc(C(=O)NC(=S)Nc2cc(-c3nc4ccccc4s3)ccc2C)cc1.CCOc1ccc(C(=O)NC(=S)Nc2ccc(-c3nc4ccccc4s3)cc2)cc1[N+](=O)[O-].N#CC1=C(N)Oc2c(ccc3ccccc23)C1c1cccc(C(F)(F)F)c1. The molecule has 6 N–H and O–H groups in total. The molecule has 0 aliphatic carbocycles. The number of halogens is 3. The Morgan fingerprint density at radius 3 is 1.98 bits per heavy atom. The minimum atomic E-state index is -4.48. The third-order valence-electron chi connectivity index (χ3n) is 14.4. The molecule has 0 spiro atoms. The van der Waals surface area contributed by atoms with Gasteiger partial charge in [-0.1, -0.05) is 112 Å². The number of benzene rings is 9. The lowest BCUT2D eigenvalue weighted by Gasteiger charge is -2.27. The largest absolute Gasteiger partial charge is 0.494 e. The van der Waals surface area contributed by atoms with Crippen molar-refractivity contribution < 1.29 is 41.9 Å². The van der Waals surface area contributed by atoms with Gasteiger partial charge in [-0.3, -0.25) is 30.3 Å². The van der Waals surface area contributed by atoms with Crippen LogP contribution in [0.25, 0.3) is 52.3 Å². The van der Waals surface area contributed by atoms with Gasteiger partial charge in [0.15, 0.2) is 16.0 Å². The minimum Gasteiger partial charge on any atom is -0.494 e. The number of thiazole rings is 2. The summed E-state index contributed by atoms with van der Waals surface area (Å²) in [4.78, 5) is 45.2. The molecule has 476 valence electrons. The van der Waals surface area contributed by atoms with Crippen LogP contribution in [0.3, 0.4) is 0 Å². The highest BCUT2D eigenvalue weighted by Gasteiger charge is 2.35. The Labute approximate surface area is 558 Å².